The van der Waals surface area contributed by atoms with E-state index in [4.69, 9.17) is 16.3 Å². The van der Waals surface area contributed by atoms with Gasteiger partial charge in [0.1, 0.15) is 23.5 Å². The van der Waals surface area contributed by atoms with E-state index in [-0.39, 0.29) is 29.4 Å². The second kappa shape index (κ2) is 10.8. The normalized spacial score (nSPS) is 15.6. The minimum absolute atomic E-state index is 0.00136. The minimum Gasteiger partial charge on any atom is -0.488 e. The Morgan fingerprint density at radius 1 is 1.15 bits per heavy atom. The molecule has 1 amide bonds. The van der Waals surface area contributed by atoms with Gasteiger partial charge in [-0.3, -0.25) is 9.59 Å². The number of hydrogen-bond donors (Lipinski definition) is 2. The molecule has 1 heterocycles. The SMILES string of the molecule is CC(=O)Cc1ccccc1NC(=O)c1cccc(-c2ccc(Cl)c(O[C@@H]3CCCNC3)c2)c1F. The number of carbonyl (C=O) groups excluding carboxylic acids is 2. The highest BCUT2D eigenvalue weighted by Gasteiger charge is 2.20. The number of ketones is 1. The lowest BCUT2D eigenvalue weighted by atomic mass is 10.0. The first kappa shape index (κ1) is 23.9. The zero-order chi connectivity index (χ0) is 24.1. The molecule has 1 fully saturated rings. The van der Waals surface area contributed by atoms with E-state index in [0.717, 1.165) is 25.9 Å². The molecule has 1 aliphatic rings. The van der Waals surface area contributed by atoms with Gasteiger partial charge in [-0.15, -0.1) is 0 Å². The number of piperidine rings is 1. The first-order valence-electron chi connectivity index (χ1n) is 11.3. The number of hydrogen-bond acceptors (Lipinski definition) is 4. The fourth-order valence-corrected chi connectivity index (χ4v) is 4.21. The third-order valence-corrected chi connectivity index (χ3v) is 6.05. The van der Waals surface area contributed by atoms with Gasteiger partial charge in [0.15, 0.2) is 0 Å². The molecule has 34 heavy (non-hydrogen) atoms. The van der Waals surface area contributed by atoms with Crippen LogP contribution >= 0.6 is 11.6 Å². The predicted molar refractivity (Wildman–Crippen MR) is 132 cm³/mol. The number of halogens is 2. The lowest BCUT2D eigenvalue weighted by molar-refractivity contribution is -0.116. The highest BCUT2D eigenvalue weighted by Crippen LogP contribution is 2.34. The largest absolute Gasteiger partial charge is 0.488 e. The monoisotopic (exact) mass is 480 g/mol. The Bertz CT molecular complexity index is 1210. The molecule has 0 aliphatic carbocycles. The van der Waals surface area contributed by atoms with Gasteiger partial charge in [0.25, 0.3) is 5.91 Å². The van der Waals surface area contributed by atoms with Gasteiger partial charge in [0, 0.05) is 24.2 Å². The van der Waals surface area contributed by atoms with Gasteiger partial charge in [0.2, 0.25) is 0 Å². The van der Waals surface area contributed by atoms with Crippen molar-refractivity contribution in [2.24, 2.45) is 0 Å². The van der Waals surface area contributed by atoms with Crippen molar-refractivity contribution in [2.45, 2.75) is 32.3 Å². The van der Waals surface area contributed by atoms with E-state index in [2.05, 4.69) is 10.6 Å². The van der Waals surface area contributed by atoms with Crippen LogP contribution in [-0.2, 0) is 11.2 Å². The summed E-state index contributed by atoms with van der Waals surface area (Å²) in [5.41, 5.74) is 1.90. The smallest absolute Gasteiger partial charge is 0.258 e. The zero-order valence-corrected chi connectivity index (χ0v) is 19.6. The van der Waals surface area contributed by atoms with Gasteiger partial charge < -0.3 is 15.4 Å². The van der Waals surface area contributed by atoms with Crippen LogP contribution in [0.4, 0.5) is 10.1 Å². The van der Waals surface area contributed by atoms with E-state index >= 15 is 4.39 Å². The summed E-state index contributed by atoms with van der Waals surface area (Å²) in [7, 11) is 0. The maximum absolute atomic E-state index is 15.5. The number of Topliss-reactive ketones (excluding diaryl/α,β-unsaturated/α-hetero) is 1. The van der Waals surface area contributed by atoms with E-state index in [9.17, 15) is 9.59 Å². The van der Waals surface area contributed by atoms with Crippen LogP contribution in [0, 0.1) is 5.82 Å². The zero-order valence-electron chi connectivity index (χ0n) is 18.9. The van der Waals surface area contributed by atoms with Crippen molar-refractivity contribution >= 4 is 29.0 Å². The van der Waals surface area contributed by atoms with Crippen LogP contribution in [0.1, 0.15) is 35.7 Å². The summed E-state index contributed by atoms with van der Waals surface area (Å²) in [4.78, 5) is 24.5. The maximum atomic E-state index is 15.5. The van der Waals surface area contributed by atoms with E-state index in [1.807, 2.05) is 0 Å². The van der Waals surface area contributed by atoms with Gasteiger partial charge >= 0.3 is 0 Å². The molecule has 0 unspecified atom stereocenters. The van der Waals surface area contributed by atoms with Crippen LogP contribution in [0.3, 0.4) is 0 Å². The highest BCUT2D eigenvalue weighted by molar-refractivity contribution is 6.32. The molecular formula is C27H26ClFN2O3. The van der Waals surface area contributed by atoms with Crippen LogP contribution in [0.2, 0.25) is 5.02 Å². The fourth-order valence-electron chi connectivity index (χ4n) is 4.05. The molecule has 176 valence electrons. The van der Waals surface area contributed by atoms with Crippen molar-refractivity contribution in [3.05, 3.63) is 82.6 Å². The first-order chi connectivity index (χ1) is 16.4. The Hall–Kier alpha value is -3.22. The number of rotatable bonds is 7. The second-order valence-corrected chi connectivity index (χ2v) is 8.80. The van der Waals surface area contributed by atoms with Crippen LogP contribution in [-0.4, -0.2) is 30.9 Å². The van der Waals surface area contributed by atoms with Crippen molar-refractivity contribution in [3.8, 4) is 16.9 Å². The molecule has 2 N–H and O–H groups in total. The van der Waals surface area contributed by atoms with Crippen LogP contribution in [0.15, 0.2) is 60.7 Å². The summed E-state index contributed by atoms with van der Waals surface area (Å²) in [5, 5.41) is 6.49. The number of benzene rings is 3. The molecule has 4 rings (SSSR count). The van der Waals surface area contributed by atoms with Gasteiger partial charge in [-0.05, 0) is 61.7 Å². The number of ether oxygens (including phenoxy) is 1. The van der Waals surface area contributed by atoms with Crippen molar-refractivity contribution in [1.29, 1.82) is 0 Å². The molecule has 0 aromatic heterocycles. The van der Waals surface area contributed by atoms with Crippen LogP contribution in [0.5, 0.6) is 5.75 Å². The Morgan fingerprint density at radius 3 is 2.74 bits per heavy atom. The lowest BCUT2D eigenvalue weighted by Crippen LogP contribution is -2.37. The molecule has 1 saturated heterocycles. The molecule has 0 saturated carbocycles. The Labute approximate surface area is 203 Å². The molecule has 1 atom stereocenters. The topological polar surface area (TPSA) is 67.4 Å². The average molecular weight is 481 g/mol. The average Bonchev–Trinajstić information content (AvgIpc) is 2.82. The quantitative estimate of drug-likeness (QED) is 0.458. The molecule has 0 radical (unpaired) electrons. The Kier molecular flexibility index (Phi) is 7.60. The summed E-state index contributed by atoms with van der Waals surface area (Å²) < 4.78 is 21.6. The Balaban J connectivity index is 1.59. The number of nitrogens with one attached hydrogen (secondary N) is 2. The summed E-state index contributed by atoms with van der Waals surface area (Å²) in [6, 6.07) is 16.8. The number of carbonyl (C=O) groups is 2. The molecule has 5 nitrogen and oxygen atoms in total. The van der Waals surface area contributed by atoms with Gasteiger partial charge in [-0.1, -0.05) is 48.0 Å². The van der Waals surface area contributed by atoms with E-state index in [0.29, 0.717) is 27.6 Å². The summed E-state index contributed by atoms with van der Waals surface area (Å²) in [6.07, 6.45) is 2.12. The molecule has 0 bridgehead atoms. The number of amides is 1. The van der Waals surface area contributed by atoms with E-state index in [1.54, 1.807) is 54.6 Å². The fraction of sp³-hybridized carbons (Fsp3) is 0.259. The summed E-state index contributed by atoms with van der Waals surface area (Å²) in [5.74, 6) is -0.773. The van der Waals surface area contributed by atoms with Crippen LogP contribution in [0.25, 0.3) is 11.1 Å². The highest BCUT2D eigenvalue weighted by atomic mass is 35.5. The molecule has 0 spiro atoms. The van der Waals surface area contributed by atoms with E-state index < -0.39 is 11.7 Å². The predicted octanol–water partition coefficient (Wildman–Crippen LogP) is 5.66. The minimum atomic E-state index is -0.642. The third-order valence-electron chi connectivity index (χ3n) is 5.74. The third kappa shape index (κ3) is 5.64. The molecular weight excluding hydrogens is 455 g/mol. The second-order valence-electron chi connectivity index (χ2n) is 8.39. The van der Waals surface area contributed by atoms with Crippen molar-refractivity contribution in [3.63, 3.8) is 0 Å². The van der Waals surface area contributed by atoms with Crippen molar-refractivity contribution in [2.75, 3.05) is 18.4 Å². The summed E-state index contributed by atoms with van der Waals surface area (Å²) in [6.45, 7) is 3.18. The van der Waals surface area contributed by atoms with Gasteiger partial charge in [-0.25, -0.2) is 4.39 Å². The van der Waals surface area contributed by atoms with Crippen molar-refractivity contribution < 1.29 is 18.7 Å². The number of anilines is 1. The van der Waals surface area contributed by atoms with E-state index in [1.165, 1.54) is 13.0 Å². The standard InChI is InChI=1S/C27H26ClFN2O3/c1-17(32)14-19-6-2-3-10-24(19)31-27(33)22-9-4-8-21(26(22)29)18-11-12-23(28)25(15-18)34-20-7-5-13-30-16-20/h2-4,6,8-12,15,20,30H,5,7,13-14,16H2,1H3,(H,31,33)/t20-/m1/s1. The van der Waals surface area contributed by atoms with Gasteiger partial charge in [-0.2, -0.15) is 0 Å². The molecule has 1 aliphatic heterocycles. The first-order valence-corrected chi connectivity index (χ1v) is 11.6. The lowest BCUT2D eigenvalue weighted by Gasteiger charge is -2.24. The van der Waals surface area contributed by atoms with Crippen LogP contribution < -0.4 is 15.4 Å². The van der Waals surface area contributed by atoms with Crippen molar-refractivity contribution in [1.82, 2.24) is 5.32 Å². The molecule has 7 heteroatoms. The molecule has 3 aromatic rings. The number of para-hydroxylation sites is 1. The van der Waals surface area contributed by atoms with Gasteiger partial charge in [0.05, 0.1) is 10.6 Å². The Morgan fingerprint density at radius 2 is 1.97 bits per heavy atom. The molecule has 3 aromatic carbocycles. The maximum Gasteiger partial charge on any atom is 0.258 e. The summed E-state index contributed by atoms with van der Waals surface area (Å²) >= 11 is 6.34.